The molecule has 0 aliphatic carbocycles. The topological polar surface area (TPSA) is 21.7 Å². The maximum Gasteiger partial charge on any atom is 0.172 e. The summed E-state index contributed by atoms with van der Waals surface area (Å²) in [5, 5.41) is 0.693. The fraction of sp³-hybridized carbons (Fsp3) is 0.333. The SMILES string of the molecule is COc1cc(Cl)cc2c1Oc1ccccc1[C@H]1CN(C)C[C@H]21. The molecule has 0 unspecified atom stereocenters. The minimum Gasteiger partial charge on any atom is -0.493 e. The molecule has 4 rings (SSSR count). The Morgan fingerprint density at radius 2 is 1.86 bits per heavy atom. The van der Waals surface area contributed by atoms with Crippen LogP contribution in [0.5, 0.6) is 17.2 Å². The zero-order valence-electron chi connectivity index (χ0n) is 12.7. The number of likely N-dealkylation sites (tertiary alicyclic amines) is 1. The lowest BCUT2D eigenvalue weighted by Crippen LogP contribution is -2.14. The van der Waals surface area contributed by atoms with Gasteiger partial charge in [-0.2, -0.15) is 0 Å². The predicted octanol–water partition coefficient (Wildman–Crippen LogP) is 4.27. The largest absolute Gasteiger partial charge is 0.493 e. The van der Waals surface area contributed by atoms with E-state index in [1.807, 2.05) is 24.3 Å². The van der Waals surface area contributed by atoms with E-state index in [1.54, 1.807) is 7.11 Å². The normalized spacial score (nSPS) is 23.0. The van der Waals surface area contributed by atoms with Crippen molar-refractivity contribution in [1.29, 1.82) is 0 Å². The third-order valence-corrected chi connectivity index (χ3v) is 4.92. The van der Waals surface area contributed by atoms with E-state index >= 15 is 0 Å². The Bertz CT molecular complexity index is 731. The van der Waals surface area contributed by atoms with Crippen LogP contribution in [0.1, 0.15) is 23.0 Å². The number of hydrogen-bond acceptors (Lipinski definition) is 3. The molecule has 0 N–H and O–H groups in total. The molecule has 0 saturated carbocycles. The van der Waals surface area contributed by atoms with Crippen molar-refractivity contribution in [3.8, 4) is 17.2 Å². The van der Waals surface area contributed by atoms with E-state index in [4.69, 9.17) is 21.1 Å². The van der Waals surface area contributed by atoms with Gasteiger partial charge in [0.1, 0.15) is 5.75 Å². The predicted molar refractivity (Wildman–Crippen MR) is 87.5 cm³/mol. The first-order valence-corrected chi connectivity index (χ1v) is 7.88. The van der Waals surface area contributed by atoms with Gasteiger partial charge in [-0.1, -0.05) is 29.8 Å². The van der Waals surface area contributed by atoms with Gasteiger partial charge in [0.05, 0.1) is 7.11 Å². The van der Waals surface area contributed by atoms with Gasteiger partial charge in [-0.15, -0.1) is 0 Å². The summed E-state index contributed by atoms with van der Waals surface area (Å²) in [4.78, 5) is 2.37. The van der Waals surface area contributed by atoms with Crippen LogP contribution in [0.2, 0.25) is 5.02 Å². The highest BCUT2D eigenvalue weighted by atomic mass is 35.5. The molecular weight excluding hydrogens is 298 g/mol. The second-order valence-electron chi connectivity index (χ2n) is 6.10. The average molecular weight is 316 g/mol. The van der Waals surface area contributed by atoms with Crippen molar-refractivity contribution in [2.24, 2.45) is 0 Å². The average Bonchev–Trinajstić information content (AvgIpc) is 2.85. The molecule has 3 nitrogen and oxygen atoms in total. The molecule has 2 aliphatic rings. The number of hydrogen-bond donors (Lipinski definition) is 0. The van der Waals surface area contributed by atoms with Gasteiger partial charge < -0.3 is 14.4 Å². The van der Waals surface area contributed by atoms with Gasteiger partial charge in [0.2, 0.25) is 0 Å². The van der Waals surface area contributed by atoms with Crippen LogP contribution in [0, 0.1) is 0 Å². The van der Waals surface area contributed by atoms with Crippen molar-refractivity contribution in [1.82, 2.24) is 4.90 Å². The van der Waals surface area contributed by atoms with E-state index in [0.29, 0.717) is 22.6 Å². The zero-order valence-corrected chi connectivity index (χ0v) is 13.4. The highest BCUT2D eigenvalue weighted by Crippen LogP contribution is 2.52. The molecule has 114 valence electrons. The van der Waals surface area contributed by atoms with Crippen molar-refractivity contribution in [2.45, 2.75) is 11.8 Å². The monoisotopic (exact) mass is 315 g/mol. The van der Waals surface area contributed by atoms with Crippen LogP contribution >= 0.6 is 11.6 Å². The second-order valence-corrected chi connectivity index (χ2v) is 6.54. The summed E-state index contributed by atoms with van der Waals surface area (Å²) in [7, 11) is 3.82. The third-order valence-electron chi connectivity index (χ3n) is 4.70. The Kier molecular flexibility index (Phi) is 3.28. The third kappa shape index (κ3) is 2.08. The van der Waals surface area contributed by atoms with Crippen molar-refractivity contribution in [2.75, 3.05) is 27.2 Å². The minimum atomic E-state index is 0.372. The fourth-order valence-electron chi connectivity index (χ4n) is 3.75. The molecule has 2 aromatic rings. The molecule has 0 spiro atoms. The summed E-state index contributed by atoms with van der Waals surface area (Å²) in [5.74, 6) is 3.23. The number of rotatable bonds is 1. The lowest BCUT2D eigenvalue weighted by Gasteiger charge is -2.18. The molecular formula is C18H18ClNO2. The maximum absolute atomic E-state index is 6.30. The molecule has 2 heterocycles. The summed E-state index contributed by atoms with van der Waals surface area (Å²) in [6, 6.07) is 12.2. The first-order valence-electron chi connectivity index (χ1n) is 7.50. The van der Waals surface area contributed by atoms with Crippen LogP contribution in [0.15, 0.2) is 36.4 Å². The molecule has 0 bridgehead atoms. The maximum atomic E-state index is 6.30. The highest BCUT2D eigenvalue weighted by molar-refractivity contribution is 6.30. The van der Waals surface area contributed by atoms with Crippen LogP contribution in [0.3, 0.4) is 0 Å². The van der Waals surface area contributed by atoms with Crippen molar-refractivity contribution < 1.29 is 9.47 Å². The van der Waals surface area contributed by atoms with Crippen molar-refractivity contribution in [3.05, 3.63) is 52.5 Å². The Balaban J connectivity index is 1.97. The number of para-hydroxylation sites is 1. The van der Waals surface area contributed by atoms with E-state index < -0.39 is 0 Å². The number of nitrogens with zero attached hydrogens (tertiary/aromatic N) is 1. The number of benzene rings is 2. The summed E-state index contributed by atoms with van der Waals surface area (Å²) in [6.07, 6.45) is 0. The summed E-state index contributed by atoms with van der Waals surface area (Å²) in [5.41, 5.74) is 2.42. The number of fused-ring (bicyclic) bond motifs is 5. The molecule has 22 heavy (non-hydrogen) atoms. The molecule has 0 aromatic heterocycles. The van der Waals surface area contributed by atoms with Gasteiger partial charge in [-0.3, -0.25) is 0 Å². The van der Waals surface area contributed by atoms with E-state index in [9.17, 15) is 0 Å². The number of ether oxygens (including phenoxy) is 2. The molecule has 1 fully saturated rings. The van der Waals surface area contributed by atoms with Crippen molar-refractivity contribution in [3.63, 3.8) is 0 Å². The quantitative estimate of drug-likeness (QED) is 0.784. The molecule has 2 aliphatic heterocycles. The first kappa shape index (κ1) is 13.9. The van der Waals surface area contributed by atoms with Crippen LogP contribution in [-0.2, 0) is 0 Å². The lowest BCUT2D eigenvalue weighted by atomic mass is 9.84. The number of likely N-dealkylation sites (N-methyl/N-ethyl adjacent to an activating group) is 1. The number of halogens is 1. The van der Waals surface area contributed by atoms with Gasteiger partial charge in [0.25, 0.3) is 0 Å². The van der Waals surface area contributed by atoms with E-state index in [-0.39, 0.29) is 0 Å². The molecule has 4 heteroatoms. The summed E-state index contributed by atoms with van der Waals surface area (Å²) < 4.78 is 11.8. The Hall–Kier alpha value is -1.71. The fourth-order valence-corrected chi connectivity index (χ4v) is 3.96. The smallest absolute Gasteiger partial charge is 0.172 e. The number of methoxy groups -OCH3 is 1. The Morgan fingerprint density at radius 3 is 2.64 bits per heavy atom. The zero-order chi connectivity index (χ0) is 15.3. The second kappa shape index (κ2) is 5.18. The summed E-state index contributed by atoms with van der Waals surface area (Å²) in [6.45, 7) is 2.03. The first-order chi connectivity index (χ1) is 10.7. The van der Waals surface area contributed by atoms with Crippen LogP contribution in [0.4, 0.5) is 0 Å². The van der Waals surface area contributed by atoms with Gasteiger partial charge in [-0.05, 0) is 24.7 Å². The Morgan fingerprint density at radius 1 is 1.14 bits per heavy atom. The van der Waals surface area contributed by atoms with Gasteiger partial charge in [0.15, 0.2) is 11.5 Å². The van der Waals surface area contributed by atoms with Crippen LogP contribution < -0.4 is 9.47 Å². The standard InChI is InChI=1S/C18H18ClNO2/c1-20-9-14-12-5-3-4-6-16(12)22-18-13(15(14)10-20)7-11(19)8-17(18)21-2/h3-8,14-15H,9-10H2,1-2H3/t14-,15-/m1/s1. The van der Waals surface area contributed by atoms with E-state index in [2.05, 4.69) is 24.1 Å². The minimum absolute atomic E-state index is 0.372. The molecule has 0 amide bonds. The molecule has 0 radical (unpaired) electrons. The summed E-state index contributed by atoms with van der Waals surface area (Å²) >= 11 is 6.30. The van der Waals surface area contributed by atoms with Gasteiger partial charge >= 0.3 is 0 Å². The molecule has 2 aromatic carbocycles. The highest BCUT2D eigenvalue weighted by Gasteiger charge is 2.39. The van der Waals surface area contributed by atoms with E-state index in [1.165, 1.54) is 5.56 Å². The molecule has 1 saturated heterocycles. The Labute approximate surface area is 135 Å². The van der Waals surface area contributed by atoms with Crippen molar-refractivity contribution >= 4 is 11.6 Å². The van der Waals surface area contributed by atoms with Crippen LogP contribution in [-0.4, -0.2) is 32.1 Å². The van der Waals surface area contributed by atoms with E-state index in [0.717, 1.165) is 30.2 Å². The van der Waals surface area contributed by atoms with Gasteiger partial charge in [0, 0.05) is 41.6 Å². The molecule has 2 atom stereocenters. The van der Waals surface area contributed by atoms with Gasteiger partial charge in [-0.25, -0.2) is 0 Å². The lowest BCUT2D eigenvalue weighted by molar-refractivity contribution is 0.372. The van der Waals surface area contributed by atoms with Crippen LogP contribution in [0.25, 0.3) is 0 Å².